The van der Waals surface area contributed by atoms with Crippen molar-refractivity contribution in [3.05, 3.63) is 10.5 Å². The van der Waals surface area contributed by atoms with Crippen molar-refractivity contribution in [2.24, 2.45) is 5.92 Å². The summed E-state index contributed by atoms with van der Waals surface area (Å²) < 4.78 is 1.09. The normalized spacial score (nSPS) is 22.3. The molecule has 1 aliphatic rings. The van der Waals surface area contributed by atoms with E-state index in [9.17, 15) is 4.79 Å². The Labute approximate surface area is 108 Å². The maximum atomic E-state index is 11.4. The zero-order valence-corrected chi connectivity index (χ0v) is 11.2. The summed E-state index contributed by atoms with van der Waals surface area (Å²) in [7, 11) is 0. The minimum atomic E-state index is -0.556. The van der Waals surface area contributed by atoms with E-state index in [1.54, 1.807) is 4.57 Å². The second-order valence-electron chi connectivity index (χ2n) is 3.94. The minimum Gasteiger partial charge on any atom is -0.270 e. The first-order chi connectivity index (χ1) is 7.54. The van der Waals surface area contributed by atoms with E-state index in [0.717, 1.165) is 23.8 Å². The maximum Gasteiger partial charge on any atom is 0.343 e. The molecule has 0 aromatic carbocycles. The fraction of sp³-hybridized carbons (Fsp3) is 0.778. The van der Waals surface area contributed by atoms with E-state index >= 15 is 0 Å². The van der Waals surface area contributed by atoms with E-state index < -0.39 is 4.33 Å². The highest BCUT2D eigenvalue weighted by molar-refractivity contribution is 7.99. The van der Waals surface area contributed by atoms with Crippen LogP contribution in [0.4, 0.5) is 0 Å². The molecule has 1 aromatic rings. The predicted molar refractivity (Wildman–Crippen MR) is 66.4 cm³/mol. The quantitative estimate of drug-likeness (QED) is 0.665. The zero-order chi connectivity index (χ0) is 11.8. The number of aromatic nitrogens is 3. The molecule has 1 aliphatic carbocycles. The van der Waals surface area contributed by atoms with Gasteiger partial charge in [-0.05, 0) is 12.8 Å². The van der Waals surface area contributed by atoms with Crippen LogP contribution in [0, 0.1) is 5.92 Å². The van der Waals surface area contributed by atoms with Crippen molar-refractivity contribution in [1.29, 1.82) is 0 Å². The van der Waals surface area contributed by atoms with E-state index in [1.807, 2.05) is 6.92 Å². The molecule has 0 radical (unpaired) electrons. The molecule has 0 unspecified atom stereocenters. The van der Waals surface area contributed by atoms with Crippen molar-refractivity contribution in [2.45, 2.75) is 35.8 Å². The second-order valence-corrected chi connectivity index (χ2v) is 6.47. The van der Waals surface area contributed by atoms with Gasteiger partial charge >= 0.3 is 5.69 Å². The van der Waals surface area contributed by atoms with E-state index in [1.165, 1.54) is 11.8 Å². The number of H-pyrrole nitrogens is 1. The molecule has 4 nitrogen and oxygen atoms in total. The van der Waals surface area contributed by atoms with Gasteiger partial charge < -0.3 is 0 Å². The van der Waals surface area contributed by atoms with Gasteiger partial charge in [0.25, 0.3) is 0 Å². The molecule has 16 heavy (non-hydrogen) atoms. The van der Waals surface area contributed by atoms with Crippen LogP contribution in [0.5, 0.6) is 0 Å². The van der Waals surface area contributed by atoms with E-state index in [-0.39, 0.29) is 5.69 Å². The van der Waals surface area contributed by atoms with E-state index in [0.29, 0.717) is 12.5 Å². The zero-order valence-electron chi connectivity index (χ0n) is 8.87. The first-order valence-electron chi connectivity index (χ1n) is 5.20. The summed E-state index contributed by atoms with van der Waals surface area (Å²) in [6, 6.07) is 0. The van der Waals surface area contributed by atoms with Gasteiger partial charge in [-0.2, -0.15) is 0 Å². The van der Waals surface area contributed by atoms with E-state index in [4.69, 9.17) is 23.2 Å². The number of aromatic amines is 1. The Morgan fingerprint density at radius 3 is 2.94 bits per heavy atom. The molecular weight excluding hydrogens is 269 g/mol. The van der Waals surface area contributed by atoms with Gasteiger partial charge in [0.05, 0.1) is 0 Å². The fourth-order valence-corrected chi connectivity index (χ4v) is 3.36. The van der Waals surface area contributed by atoms with Crippen LogP contribution in [-0.4, -0.2) is 24.9 Å². The van der Waals surface area contributed by atoms with Crippen LogP contribution in [0.25, 0.3) is 0 Å². The van der Waals surface area contributed by atoms with E-state index in [2.05, 4.69) is 10.2 Å². The second kappa shape index (κ2) is 4.63. The van der Waals surface area contributed by atoms with Gasteiger partial charge in [0.2, 0.25) is 0 Å². The molecule has 1 aromatic heterocycles. The smallest absolute Gasteiger partial charge is 0.270 e. The Hall–Kier alpha value is -0.130. The number of thioether (sulfide) groups is 1. The van der Waals surface area contributed by atoms with Crippen LogP contribution in [0.3, 0.4) is 0 Å². The van der Waals surface area contributed by atoms with Crippen LogP contribution < -0.4 is 5.69 Å². The highest BCUT2D eigenvalue weighted by atomic mass is 35.5. The molecular formula is C9H13Cl2N3OS. The fourth-order valence-electron chi connectivity index (χ4n) is 1.46. The van der Waals surface area contributed by atoms with Crippen LogP contribution >= 0.6 is 35.0 Å². The van der Waals surface area contributed by atoms with Gasteiger partial charge in [0.15, 0.2) is 5.16 Å². The Bertz CT molecular complexity index is 429. The molecule has 1 fully saturated rings. The Balaban J connectivity index is 1.96. The van der Waals surface area contributed by atoms with Gasteiger partial charge in [0, 0.05) is 18.2 Å². The Kier molecular flexibility index (Phi) is 3.56. The molecule has 1 N–H and O–H groups in total. The van der Waals surface area contributed by atoms with Crippen LogP contribution in [0.15, 0.2) is 9.95 Å². The molecule has 1 atom stereocenters. The molecule has 90 valence electrons. The van der Waals surface area contributed by atoms with Crippen LogP contribution in [-0.2, 0) is 6.54 Å². The number of nitrogens with zero attached hydrogens (tertiary/aromatic N) is 2. The number of hydrogen-bond acceptors (Lipinski definition) is 3. The highest BCUT2D eigenvalue weighted by Crippen LogP contribution is 2.54. The lowest BCUT2D eigenvalue weighted by atomic mass is 10.5. The first-order valence-corrected chi connectivity index (χ1v) is 6.94. The summed E-state index contributed by atoms with van der Waals surface area (Å²) in [5.74, 6) is 1.11. The third-order valence-electron chi connectivity index (χ3n) is 2.54. The van der Waals surface area contributed by atoms with Gasteiger partial charge in [0.1, 0.15) is 4.33 Å². The predicted octanol–water partition coefficient (Wildman–Crippen LogP) is 2.27. The van der Waals surface area contributed by atoms with Gasteiger partial charge in [-0.25, -0.2) is 9.89 Å². The summed E-state index contributed by atoms with van der Waals surface area (Å²) in [6.07, 6.45) is 1.73. The largest absolute Gasteiger partial charge is 0.343 e. The molecule has 0 bridgehead atoms. The van der Waals surface area contributed by atoms with Crippen molar-refractivity contribution >= 4 is 35.0 Å². The summed E-state index contributed by atoms with van der Waals surface area (Å²) in [5, 5.41) is 7.17. The Morgan fingerprint density at radius 1 is 1.69 bits per heavy atom. The average molecular weight is 282 g/mol. The molecule has 1 heterocycles. The standard InChI is InChI=1S/C9H13Cl2N3OS/c1-2-3-14-7(15)12-13-8(14)16-5-6-4-9(6,10)11/h6H,2-5H2,1H3,(H,12,15)/t6-/m0/s1. The molecule has 0 saturated heterocycles. The third-order valence-corrected chi connectivity index (χ3v) is 4.60. The van der Waals surface area contributed by atoms with Gasteiger partial charge in [-0.15, -0.1) is 28.3 Å². The number of hydrogen-bond donors (Lipinski definition) is 1. The molecule has 7 heteroatoms. The number of nitrogens with one attached hydrogen (secondary N) is 1. The highest BCUT2D eigenvalue weighted by Gasteiger charge is 2.51. The summed E-state index contributed by atoms with van der Waals surface area (Å²) in [5.41, 5.74) is -0.150. The lowest BCUT2D eigenvalue weighted by Crippen LogP contribution is -2.17. The summed E-state index contributed by atoms with van der Waals surface area (Å²) in [6.45, 7) is 2.71. The molecule has 0 aliphatic heterocycles. The van der Waals surface area contributed by atoms with Crippen molar-refractivity contribution in [2.75, 3.05) is 5.75 Å². The number of rotatable bonds is 5. The SMILES string of the molecule is CCCn1c(SC[C@@H]2CC2(Cl)Cl)n[nH]c1=O. The van der Waals surface area contributed by atoms with Crippen molar-refractivity contribution in [1.82, 2.24) is 14.8 Å². The van der Waals surface area contributed by atoms with Crippen molar-refractivity contribution < 1.29 is 0 Å². The van der Waals surface area contributed by atoms with Crippen molar-refractivity contribution in [3.63, 3.8) is 0 Å². The van der Waals surface area contributed by atoms with Crippen LogP contribution in [0.2, 0.25) is 0 Å². The third kappa shape index (κ3) is 2.57. The van der Waals surface area contributed by atoms with Crippen molar-refractivity contribution in [3.8, 4) is 0 Å². The summed E-state index contributed by atoms with van der Waals surface area (Å²) in [4.78, 5) is 11.4. The molecule has 2 rings (SSSR count). The maximum absolute atomic E-state index is 11.4. The van der Waals surface area contributed by atoms with Gasteiger partial charge in [-0.3, -0.25) is 4.57 Å². The van der Waals surface area contributed by atoms with Gasteiger partial charge in [-0.1, -0.05) is 18.7 Å². The topological polar surface area (TPSA) is 50.7 Å². The summed E-state index contributed by atoms with van der Waals surface area (Å²) >= 11 is 13.4. The lowest BCUT2D eigenvalue weighted by molar-refractivity contribution is 0.603. The first kappa shape index (κ1) is 12.3. The number of alkyl halides is 2. The number of halogens is 2. The molecule has 0 spiro atoms. The lowest BCUT2D eigenvalue weighted by Gasteiger charge is -2.03. The average Bonchev–Trinajstić information content (AvgIpc) is 2.68. The minimum absolute atomic E-state index is 0.150. The monoisotopic (exact) mass is 281 g/mol. The molecule has 0 amide bonds. The van der Waals surface area contributed by atoms with Crippen LogP contribution in [0.1, 0.15) is 19.8 Å². The Morgan fingerprint density at radius 2 is 2.38 bits per heavy atom. The molecule has 1 saturated carbocycles.